The Balaban J connectivity index is 2.44. The Morgan fingerprint density at radius 1 is 1.31 bits per heavy atom. The van der Waals surface area contributed by atoms with Gasteiger partial charge in [0.15, 0.2) is 0 Å². The van der Waals surface area contributed by atoms with Crippen molar-refractivity contribution < 1.29 is 4.74 Å². The van der Waals surface area contributed by atoms with E-state index in [1.54, 1.807) is 7.11 Å². The molecule has 1 atom stereocenters. The maximum Gasteiger partial charge on any atom is 0.0656 e. The van der Waals surface area contributed by atoms with E-state index >= 15 is 0 Å². The lowest BCUT2D eigenvalue weighted by Crippen LogP contribution is -2.54. The molecule has 0 amide bonds. The van der Waals surface area contributed by atoms with E-state index in [9.17, 15) is 0 Å². The van der Waals surface area contributed by atoms with Gasteiger partial charge in [0.25, 0.3) is 0 Å². The lowest BCUT2D eigenvalue weighted by Gasteiger charge is -2.40. The van der Waals surface area contributed by atoms with Crippen LogP contribution in [0, 0.1) is 5.92 Å². The molecule has 0 radical (unpaired) electrons. The van der Waals surface area contributed by atoms with Gasteiger partial charge in [-0.15, -0.1) is 0 Å². The molecule has 1 aliphatic carbocycles. The number of hydrogen-bond acceptors (Lipinski definition) is 3. The summed E-state index contributed by atoms with van der Waals surface area (Å²) in [7, 11) is 3.93. The van der Waals surface area contributed by atoms with Gasteiger partial charge in [-0.2, -0.15) is 0 Å². The van der Waals surface area contributed by atoms with Crippen molar-refractivity contribution in [2.45, 2.75) is 44.6 Å². The molecular weight excluding hydrogens is 200 g/mol. The van der Waals surface area contributed by atoms with E-state index in [1.807, 2.05) is 0 Å². The van der Waals surface area contributed by atoms with Crippen molar-refractivity contribution >= 4 is 0 Å². The summed E-state index contributed by atoms with van der Waals surface area (Å²) in [6.07, 6.45) is 7.01. The van der Waals surface area contributed by atoms with Gasteiger partial charge in [0.05, 0.1) is 12.1 Å². The van der Waals surface area contributed by atoms with Crippen LogP contribution in [0.3, 0.4) is 0 Å². The van der Waals surface area contributed by atoms with Crippen molar-refractivity contribution in [3.8, 4) is 0 Å². The van der Waals surface area contributed by atoms with E-state index in [-0.39, 0.29) is 5.54 Å². The molecule has 0 aromatic carbocycles. The summed E-state index contributed by atoms with van der Waals surface area (Å²) in [5.74, 6) is 0.862. The highest BCUT2D eigenvalue weighted by molar-refractivity contribution is 4.86. The third-order valence-electron chi connectivity index (χ3n) is 4.07. The molecule has 1 fully saturated rings. The summed E-state index contributed by atoms with van der Waals surface area (Å²) >= 11 is 0. The van der Waals surface area contributed by atoms with E-state index < -0.39 is 0 Å². The second-order valence-corrected chi connectivity index (χ2v) is 5.52. The highest BCUT2D eigenvalue weighted by atomic mass is 16.5. The van der Waals surface area contributed by atoms with Crippen LogP contribution < -0.4 is 5.73 Å². The quantitative estimate of drug-likeness (QED) is 0.754. The molecule has 1 unspecified atom stereocenters. The SMILES string of the molecule is COCC(C)(CN)N(C)CC1CCCCC1. The zero-order chi connectivity index (χ0) is 12.0. The minimum Gasteiger partial charge on any atom is -0.383 e. The third kappa shape index (κ3) is 3.72. The molecule has 16 heavy (non-hydrogen) atoms. The Bertz CT molecular complexity index is 192. The van der Waals surface area contributed by atoms with E-state index in [1.165, 1.54) is 32.1 Å². The Morgan fingerprint density at radius 3 is 2.44 bits per heavy atom. The third-order valence-corrected chi connectivity index (χ3v) is 4.07. The molecule has 3 nitrogen and oxygen atoms in total. The van der Waals surface area contributed by atoms with Gasteiger partial charge in [-0.05, 0) is 32.7 Å². The fourth-order valence-electron chi connectivity index (χ4n) is 2.61. The van der Waals surface area contributed by atoms with Crippen LogP contribution >= 0.6 is 0 Å². The maximum absolute atomic E-state index is 5.88. The molecule has 0 aromatic rings. The molecule has 0 bridgehead atoms. The first-order valence-corrected chi connectivity index (χ1v) is 6.52. The smallest absolute Gasteiger partial charge is 0.0656 e. The summed E-state index contributed by atoms with van der Waals surface area (Å²) in [4.78, 5) is 2.40. The minimum atomic E-state index is -0.00774. The lowest BCUT2D eigenvalue weighted by atomic mass is 9.88. The normalized spacial score (nSPS) is 22.3. The predicted molar refractivity (Wildman–Crippen MR) is 68.5 cm³/mol. The van der Waals surface area contributed by atoms with E-state index in [4.69, 9.17) is 10.5 Å². The average Bonchev–Trinajstić information content (AvgIpc) is 2.30. The van der Waals surface area contributed by atoms with E-state index in [0.717, 1.165) is 12.5 Å². The van der Waals surface area contributed by atoms with Gasteiger partial charge in [-0.25, -0.2) is 0 Å². The molecule has 1 aliphatic rings. The second kappa shape index (κ2) is 6.58. The minimum absolute atomic E-state index is 0.00774. The number of methoxy groups -OCH3 is 1. The molecule has 2 N–H and O–H groups in total. The van der Waals surface area contributed by atoms with Gasteiger partial charge >= 0.3 is 0 Å². The van der Waals surface area contributed by atoms with Crippen LogP contribution in [0.4, 0.5) is 0 Å². The molecule has 3 heteroatoms. The van der Waals surface area contributed by atoms with Crippen molar-refractivity contribution in [2.75, 3.05) is 33.9 Å². The van der Waals surface area contributed by atoms with Crippen LogP contribution in [0.1, 0.15) is 39.0 Å². The van der Waals surface area contributed by atoms with Crippen LogP contribution in [0.2, 0.25) is 0 Å². The topological polar surface area (TPSA) is 38.5 Å². The first kappa shape index (κ1) is 13.9. The van der Waals surface area contributed by atoms with Crippen molar-refractivity contribution in [3.05, 3.63) is 0 Å². The fourth-order valence-corrected chi connectivity index (χ4v) is 2.61. The zero-order valence-corrected chi connectivity index (χ0v) is 11.2. The Kier molecular flexibility index (Phi) is 5.73. The molecule has 0 aliphatic heterocycles. The zero-order valence-electron chi connectivity index (χ0n) is 11.2. The van der Waals surface area contributed by atoms with Crippen molar-refractivity contribution in [1.82, 2.24) is 4.90 Å². The van der Waals surface area contributed by atoms with Gasteiger partial charge in [0.2, 0.25) is 0 Å². The summed E-state index contributed by atoms with van der Waals surface area (Å²) in [6.45, 7) is 4.73. The number of likely N-dealkylation sites (N-methyl/N-ethyl adjacent to an activating group) is 1. The monoisotopic (exact) mass is 228 g/mol. The lowest BCUT2D eigenvalue weighted by molar-refractivity contribution is 0.0310. The van der Waals surface area contributed by atoms with Crippen LogP contribution in [0.25, 0.3) is 0 Å². The molecule has 0 aromatic heterocycles. The molecule has 0 spiro atoms. The first-order chi connectivity index (χ1) is 7.62. The standard InChI is InChI=1S/C13H28N2O/c1-13(10-14,11-16-3)15(2)9-12-7-5-4-6-8-12/h12H,4-11,14H2,1-3H3. The van der Waals surface area contributed by atoms with Gasteiger partial charge in [-0.1, -0.05) is 19.3 Å². The number of hydrogen-bond donors (Lipinski definition) is 1. The number of ether oxygens (including phenoxy) is 1. The molecular formula is C13H28N2O. The number of nitrogens with zero attached hydrogens (tertiary/aromatic N) is 1. The van der Waals surface area contributed by atoms with Gasteiger partial charge in [0.1, 0.15) is 0 Å². The summed E-state index contributed by atoms with van der Waals surface area (Å²) < 4.78 is 5.29. The van der Waals surface area contributed by atoms with Crippen molar-refractivity contribution in [1.29, 1.82) is 0 Å². The summed E-state index contributed by atoms with van der Waals surface area (Å²) in [5, 5.41) is 0. The average molecular weight is 228 g/mol. The Hall–Kier alpha value is -0.120. The number of nitrogens with two attached hydrogens (primary N) is 1. The fraction of sp³-hybridized carbons (Fsp3) is 1.00. The van der Waals surface area contributed by atoms with Crippen molar-refractivity contribution in [2.24, 2.45) is 11.7 Å². The van der Waals surface area contributed by atoms with Gasteiger partial charge in [0, 0.05) is 20.2 Å². The van der Waals surface area contributed by atoms with E-state index in [0.29, 0.717) is 13.2 Å². The molecule has 1 saturated carbocycles. The van der Waals surface area contributed by atoms with E-state index in [2.05, 4.69) is 18.9 Å². The maximum atomic E-state index is 5.88. The highest BCUT2D eigenvalue weighted by Crippen LogP contribution is 2.26. The predicted octanol–water partition coefficient (Wildman–Crippen LogP) is 1.86. The Labute approximate surface area is 100 Å². The van der Waals surface area contributed by atoms with Crippen molar-refractivity contribution in [3.63, 3.8) is 0 Å². The van der Waals surface area contributed by atoms with Crippen LogP contribution in [-0.2, 0) is 4.74 Å². The second-order valence-electron chi connectivity index (χ2n) is 5.52. The Morgan fingerprint density at radius 2 is 1.94 bits per heavy atom. The van der Waals surface area contributed by atoms with Crippen LogP contribution in [0.5, 0.6) is 0 Å². The summed E-state index contributed by atoms with van der Waals surface area (Å²) in [5.41, 5.74) is 5.87. The largest absolute Gasteiger partial charge is 0.383 e. The van der Waals surface area contributed by atoms with Crippen LogP contribution in [0.15, 0.2) is 0 Å². The molecule has 96 valence electrons. The van der Waals surface area contributed by atoms with Gasteiger partial charge in [-0.3, -0.25) is 4.90 Å². The summed E-state index contributed by atoms with van der Waals surface area (Å²) in [6, 6.07) is 0. The number of rotatable bonds is 6. The van der Waals surface area contributed by atoms with Crippen LogP contribution in [-0.4, -0.2) is 44.3 Å². The molecule has 0 saturated heterocycles. The highest BCUT2D eigenvalue weighted by Gasteiger charge is 2.29. The first-order valence-electron chi connectivity index (χ1n) is 6.52. The molecule has 1 rings (SSSR count). The van der Waals surface area contributed by atoms with Gasteiger partial charge < -0.3 is 10.5 Å². The molecule has 0 heterocycles.